The Kier molecular flexibility index (Phi) is 5.49. The van der Waals surface area contributed by atoms with Crippen molar-refractivity contribution in [2.75, 3.05) is 17.6 Å². The molecule has 20 heavy (non-hydrogen) atoms. The Balaban J connectivity index is 2.09. The summed E-state index contributed by atoms with van der Waals surface area (Å²) in [4.78, 5) is 12.3. The number of anilines is 1. The van der Waals surface area contributed by atoms with Gasteiger partial charge in [0.05, 0.1) is 5.56 Å². The highest BCUT2D eigenvalue weighted by atomic mass is 32.2. The van der Waals surface area contributed by atoms with Crippen LogP contribution in [0.25, 0.3) is 0 Å². The summed E-state index contributed by atoms with van der Waals surface area (Å²) >= 11 is 3.23. The van der Waals surface area contributed by atoms with E-state index >= 15 is 0 Å². The molecular formula is C15H17NO2S2. The number of carbonyl (C=O) groups is 1. The lowest BCUT2D eigenvalue weighted by molar-refractivity contribution is 0.0694. The van der Waals surface area contributed by atoms with Crippen LogP contribution in [0.1, 0.15) is 22.8 Å². The van der Waals surface area contributed by atoms with Gasteiger partial charge in [-0.15, -0.1) is 11.8 Å². The number of thioether (sulfide) groups is 1. The molecule has 0 bridgehead atoms. The van der Waals surface area contributed by atoms with Gasteiger partial charge >= 0.3 is 5.97 Å². The highest BCUT2D eigenvalue weighted by Gasteiger charge is 2.15. The van der Waals surface area contributed by atoms with Crippen molar-refractivity contribution in [1.29, 1.82) is 0 Å². The lowest BCUT2D eigenvalue weighted by atomic mass is 10.1. The summed E-state index contributed by atoms with van der Waals surface area (Å²) < 4.78 is 0. The van der Waals surface area contributed by atoms with E-state index in [1.807, 2.05) is 25.1 Å². The smallest absolute Gasteiger partial charge is 0.338 e. The van der Waals surface area contributed by atoms with E-state index in [1.165, 1.54) is 5.56 Å². The van der Waals surface area contributed by atoms with E-state index in [2.05, 4.69) is 22.1 Å². The van der Waals surface area contributed by atoms with Crippen molar-refractivity contribution in [1.82, 2.24) is 0 Å². The average molecular weight is 307 g/mol. The van der Waals surface area contributed by atoms with E-state index in [9.17, 15) is 9.90 Å². The third-order valence-corrected chi connectivity index (χ3v) is 4.52. The molecule has 5 heteroatoms. The van der Waals surface area contributed by atoms with E-state index < -0.39 is 5.97 Å². The van der Waals surface area contributed by atoms with Crippen molar-refractivity contribution in [2.45, 2.75) is 18.2 Å². The Bertz CT molecular complexity index is 567. The van der Waals surface area contributed by atoms with Gasteiger partial charge in [-0.3, -0.25) is 0 Å². The molecule has 0 aliphatic rings. The molecule has 0 aliphatic heterocycles. The number of thiophene rings is 1. The van der Waals surface area contributed by atoms with Crippen LogP contribution in [0.15, 0.2) is 39.9 Å². The van der Waals surface area contributed by atoms with Gasteiger partial charge in [0, 0.05) is 17.1 Å². The number of hydrogen-bond acceptors (Lipinski definition) is 4. The van der Waals surface area contributed by atoms with Crippen molar-refractivity contribution < 1.29 is 9.90 Å². The van der Waals surface area contributed by atoms with Crippen molar-refractivity contribution in [2.24, 2.45) is 0 Å². The van der Waals surface area contributed by atoms with Crippen LogP contribution in [-0.2, 0) is 6.42 Å². The fourth-order valence-electron chi connectivity index (χ4n) is 1.95. The van der Waals surface area contributed by atoms with E-state index in [0.717, 1.165) is 23.6 Å². The summed E-state index contributed by atoms with van der Waals surface area (Å²) in [7, 11) is 0. The summed E-state index contributed by atoms with van der Waals surface area (Å²) in [6.45, 7) is 2.75. The van der Waals surface area contributed by atoms with Gasteiger partial charge in [0.2, 0.25) is 0 Å². The average Bonchev–Trinajstić information content (AvgIpc) is 2.92. The van der Waals surface area contributed by atoms with Gasteiger partial charge in [-0.1, -0.05) is 13.0 Å². The second-order valence-corrected chi connectivity index (χ2v) is 6.31. The monoisotopic (exact) mass is 307 g/mol. The first kappa shape index (κ1) is 14.9. The Morgan fingerprint density at radius 3 is 2.90 bits per heavy atom. The molecule has 0 amide bonds. The van der Waals surface area contributed by atoms with Gasteiger partial charge in [0.1, 0.15) is 0 Å². The first-order valence-corrected chi connectivity index (χ1v) is 8.39. The van der Waals surface area contributed by atoms with Crippen molar-refractivity contribution in [3.8, 4) is 0 Å². The molecule has 2 aromatic rings. The minimum Gasteiger partial charge on any atom is -0.478 e. The van der Waals surface area contributed by atoms with Crippen LogP contribution in [0.3, 0.4) is 0 Å². The molecule has 2 rings (SSSR count). The lowest BCUT2D eigenvalue weighted by Gasteiger charge is -2.12. The summed E-state index contributed by atoms with van der Waals surface area (Å²) in [5.74, 6) is -0.0156. The molecule has 1 heterocycles. The highest BCUT2D eigenvalue weighted by molar-refractivity contribution is 7.99. The molecule has 106 valence electrons. The van der Waals surface area contributed by atoms with Gasteiger partial charge in [0.15, 0.2) is 0 Å². The zero-order valence-corrected chi connectivity index (χ0v) is 12.9. The Labute approximate surface area is 127 Å². The molecule has 0 aliphatic carbocycles. The summed E-state index contributed by atoms with van der Waals surface area (Å²) in [5, 5.41) is 16.8. The largest absolute Gasteiger partial charge is 0.478 e. The van der Waals surface area contributed by atoms with Crippen LogP contribution in [-0.4, -0.2) is 23.4 Å². The molecule has 0 atom stereocenters. The number of hydrogen-bond donors (Lipinski definition) is 2. The number of rotatable bonds is 7. The van der Waals surface area contributed by atoms with E-state index in [0.29, 0.717) is 11.3 Å². The molecule has 0 saturated carbocycles. The minimum atomic E-state index is -0.875. The topological polar surface area (TPSA) is 49.3 Å². The Morgan fingerprint density at radius 1 is 1.40 bits per heavy atom. The third-order valence-electron chi connectivity index (χ3n) is 2.85. The second kappa shape index (κ2) is 7.36. The molecular weight excluding hydrogens is 290 g/mol. The van der Waals surface area contributed by atoms with E-state index in [1.54, 1.807) is 23.1 Å². The first-order chi connectivity index (χ1) is 9.72. The zero-order valence-electron chi connectivity index (χ0n) is 11.3. The second-order valence-electron chi connectivity index (χ2n) is 4.23. The molecule has 0 unspecified atom stereocenters. The Morgan fingerprint density at radius 2 is 2.25 bits per heavy atom. The molecule has 0 radical (unpaired) electrons. The van der Waals surface area contributed by atoms with Gasteiger partial charge in [0.25, 0.3) is 0 Å². The van der Waals surface area contributed by atoms with Crippen LogP contribution in [0.4, 0.5) is 5.69 Å². The minimum absolute atomic E-state index is 0.379. The van der Waals surface area contributed by atoms with Gasteiger partial charge in [-0.25, -0.2) is 4.79 Å². The normalized spacial score (nSPS) is 10.4. The Hall–Kier alpha value is -1.46. The number of carboxylic acids is 1. The maximum absolute atomic E-state index is 11.5. The van der Waals surface area contributed by atoms with Crippen molar-refractivity contribution in [3.05, 3.63) is 46.2 Å². The van der Waals surface area contributed by atoms with E-state index in [4.69, 9.17) is 0 Å². The predicted octanol–water partition coefficient (Wildman–Crippen LogP) is 4.21. The van der Waals surface area contributed by atoms with Crippen LogP contribution in [0.5, 0.6) is 0 Å². The van der Waals surface area contributed by atoms with Gasteiger partial charge < -0.3 is 10.4 Å². The fraction of sp³-hybridized carbons (Fsp3) is 0.267. The molecule has 1 aromatic carbocycles. The number of carboxylic acid groups (broad SMARTS) is 1. The lowest BCUT2D eigenvalue weighted by Crippen LogP contribution is -2.10. The van der Waals surface area contributed by atoms with Crippen molar-refractivity contribution in [3.63, 3.8) is 0 Å². The van der Waals surface area contributed by atoms with Gasteiger partial charge in [-0.05, 0) is 46.7 Å². The summed E-state index contributed by atoms with van der Waals surface area (Å²) in [6.07, 6.45) is 0.897. The summed E-state index contributed by atoms with van der Waals surface area (Å²) in [6, 6.07) is 7.68. The maximum atomic E-state index is 11.5. The summed E-state index contributed by atoms with van der Waals surface area (Å²) in [5.41, 5.74) is 2.36. The quantitative estimate of drug-likeness (QED) is 0.752. The standard InChI is InChI=1S/C15H17NO2S2/c1-2-20-13-5-3-4-12(14(13)15(17)18)16-8-6-11-7-9-19-10-11/h3-5,7,9-10,16H,2,6,8H2,1H3,(H,17,18). The fourth-order valence-corrected chi connectivity index (χ4v) is 3.48. The zero-order chi connectivity index (χ0) is 14.4. The molecule has 0 spiro atoms. The van der Waals surface area contributed by atoms with Crippen molar-refractivity contribution >= 4 is 34.8 Å². The number of nitrogens with one attached hydrogen (secondary N) is 1. The SMILES string of the molecule is CCSc1cccc(NCCc2ccsc2)c1C(=O)O. The molecule has 1 aromatic heterocycles. The predicted molar refractivity (Wildman–Crippen MR) is 86.3 cm³/mol. The number of benzene rings is 1. The first-order valence-electron chi connectivity index (χ1n) is 6.46. The molecule has 0 fully saturated rings. The molecule has 0 saturated heterocycles. The van der Waals surface area contributed by atoms with Crippen LogP contribution in [0.2, 0.25) is 0 Å². The van der Waals surface area contributed by atoms with Crippen LogP contribution >= 0.6 is 23.1 Å². The van der Waals surface area contributed by atoms with Crippen LogP contribution < -0.4 is 5.32 Å². The van der Waals surface area contributed by atoms with E-state index in [-0.39, 0.29) is 0 Å². The maximum Gasteiger partial charge on any atom is 0.338 e. The van der Waals surface area contributed by atoms with Gasteiger partial charge in [-0.2, -0.15) is 11.3 Å². The number of aromatic carboxylic acids is 1. The molecule has 2 N–H and O–H groups in total. The molecule has 3 nitrogen and oxygen atoms in total. The third kappa shape index (κ3) is 3.77. The van der Waals surface area contributed by atoms with Crippen LogP contribution in [0, 0.1) is 0 Å². The highest BCUT2D eigenvalue weighted by Crippen LogP contribution is 2.28.